The molecule has 0 radical (unpaired) electrons. The first-order valence-electron chi connectivity index (χ1n) is 9.60. The maximum Gasteiger partial charge on any atom is 0.191 e. The standard InChI is InChI=1S/C19H30N4O.HI/c1-23-16-4-2-5-17(23)13-15(12-16)22-19(21-14-7-8-14)20-10-9-18-6-3-11-24-18;/h3,6,11,14-17H,2,4-5,7-10,12-13H2,1H3,(H2,20,21,22);1H. The average Bonchev–Trinajstić information content (AvgIpc) is 3.20. The molecule has 140 valence electrons. The molecule has 3 aliphatic rings. The van der Waals surface area contributed by atoms with Crippen molar-refractivity contribution in [1.29, 1.82) is 0 Å². The van der Waals surface area contributed by atoms with E-state index in [0.717, 1.165) is 36.8 Å². The molecule has 2 unspecified atom stereocenters. The summed E-state index contributed by atoms with van der Waals surface area (Å²) in [6.45, 7) is 0.773. The third-order valence-electron chi connectivity index (χ3n) is 5.81. The lowest BCUT2D eigenvalue weighted by Crippen LogP contribution is -2.56. The van der Waals surface area contributed by atoms with Gasteiger partial charge in [-0.1, -0.05) is 6.42 Å². The summed E-state index contributed by atoms with van der Waals surface area (Å²) in [5.41, 5.74) is 0. The van der Waals surface area contributed by atoms with E-state index >= 15 is 0 Å². The molecule has 3 fully saturated rings. The van der Waals surface area contributed by atoms with E-state index < -0.39 is 0 Å². The molecule has 4 rings (SSSR count). The highest BCUT2D eigenvalue weighted by atomic mass is 127. The Balaban J connectivity index is 0.00000182. The van der Waals surface area contributed by atoms with E-state index in [1.807, 2.05) is 12.1 Å². The largest absolute Gasteiger partial charge is 0.469 e. The third-order valence-corrected chi connectivity index (χ3v) is 5.81. The van der Waals surface area contributed by atoms with E-state index in [1.165, 1.54) is 44.9 Å². The number of piperidine rings is 2. The molecule has 1 aromatic rings. The van der Waals surface area contributed by atoms with Crippen LogP contribution in [0.4, 0.5) is 0 Å². The molecular formula is C19H31IN4O. The topological polar surface area (TPSA) is 52.8 Å². The lowest BCUT2D eigenvalue weighted by Gasteiger charge is -2.47. The van der Waals surface area contributed by atoms with Gasteiger partial charge in [0, 0.05) is 37.1 Å². The minimum atomic E-state index is 0. The molecule has 0 amide bonds. The third kappa shape index (κ3) is 5.12. The van der Waals surface area contributed by atoms with Crippen LogP contribution in [0.3, 0.4) is 0 Å². The fourth-order valence-corrected chi connectivity index (χ4v) is 4.21. The monoisotopic (exact) mass is 458 g/mol. The summed E-state index contributed by atoms with van der Waals surface area (Å²) < 4.78 is 5.41. The van der Waals surface area contributed by atoms with E-state index in [4.69, 9.17) is 9.41 Å². The minimum Gasteiger partial charge on any atom is -0.469 e. The number of aliphatic imine (C=N–C) groups is 1. The molecular weight excluding hydrogens is 427 g/mol. The molecule has 1 aliphatic carbocycles. The van der Waals surface area contributed by atoms with Crippen LogP contribution < -0.4 is 10.6 Å². The van der Waals surface area contributed by atoms with Gasteiger partial charge < -0.3 is 20.0 Å². The second-order valence-corrected chi connectivity index (χ2v) is 7.69. The highest BCUT2D eigenvalue weighted by Gasteiger charge is 2.36. The summed E-state index contributed by atoms with van der Waals surface area (Å²) >= 11 is 0. The van der Waals surface area contributed by atoms with E-state index in [9.17, 15) is 0 Å². The SMILES string of the molecule is CN1C2CCCC1CC(NC(=NCCc1ccco1)NC1CC1)C2.I. The number of nitrogens with one attached hydrogen (secondary N) is 2. The first-order valence-corrected chi connectivity index (χ1v) is 9.60. The maximum absolute atomic E-state index is 5.41. The number of rotatable bonds is 5. The van der Waals surface area contributed by atoms with Gasteiger partial charge in [0.15, 0.2) is 5.96 Å². The average molecular weight is 458 g/mol. The highest BCUT2D eigenvalue weighted by Crippen LogP contribution is 2.32. The molecule has 0 aromatic carbocycles. The number of furan rings is 1. The Morgan fingerprint density at radius 3 is 2.52 bits per heavy atom. The van der Waals surface area contributed by atoms with Crippen LogP contribution in [0, 0.1) is 0 Å². The van der Waals surface area contributed by atoms with Crippen molar-refractivity contribution in [2.75, 3.05) is 13.6 Å². The van der Waals surface area contributed by atoms with Gasteiger partial charge in [-0.3, -0.25) is 4.99 Å². The first kappa shape index (κ1) is 19.0. The fraction of sp³-hybridized carbons (Fsp3) is 0.737. The lowest BCUT2D eigenvalue weighted by atomic mass is 9.82. The van der Waals surface area contributed by atoms with Crippen molar-refractivity contribution in [2.24, 2.45) is 4.99 Å². The van der Waals surface area contributed by atoms with Crippen molar-refractivity contribution < 1.29 is 4.42 Å². The molecule has 5 nitrogen and oxygen atoms in total. The molecule has 2 aliphatic heterocycles. The van der Waals surface area contributed by atoms with Crippen LogP contribution in [0.1, 0.15) is 50.7 Å². The van der Waals surface area contributed by atoms with Crippen molar-refractivity contribution in [3.05, 3.63) is 24.2 Å². The van der Waals surface area contributed by atoms with Crippen molar-refractivity contribution in [1.82, 2.24) is 15.5 Å². The van der Waals surface area contributed by atoms with Crippen molar-refractivity contribution in [2.45, 2.75) is 75.5 Å². The number of fused-ring (bicyclic) bond motifs is 2. The molecule has 1 saturated carbocycles. The van der Waals surface area contributed by atoms with Crippen LogP contribution in [0.2, 0.25) is 0 Å². The summed E-state index contributed by atoms with van der Waals surface area (Å²) in [4.78, 5) is 7.42. The van der Waals surface area contributed by atoms with Gasteiger partial charge in [-0.05, 0) is 57.7 Å². The normalized spacial score (nSPS) is 29.8. The number of nitrogens with zero attached hydrogens (tertiary/aromatic N) is 2. The Morgan fingerprint density at radius 2 is 1.88 bits per heavy atom. The minimum absolute atomic E-state index is 0. The van der Waals surface area contributed by atoms with Gasteiger partial charge in [0.25, 0.3) is 0 Å². The van der Waals surface area contributed by atoms with Gasteiger partial charge >= 0.3 is 0 Å². The Morgan fingerprint density at radius 1 is 1.16 bits per heavy atom. The smallest absolute Gasteiger partial charge is 0.191 e. The second-order valence-electron chi connectivity index (χ2n) is 7.69. The molecule has 0 spiro atoms. The van der Waals surface area contributed by atoms with Crippen LogP contribution in [0.25, 0.3) is 0 Å². The van der Waals surface area contributed by atoms with Crippen molar-refractivity contribution in [3.63, 3.8) is 0 Å². The fourth-order valence-electron chi connectivity index (χ4n) is 4.21. The summed E-state index contributed by atoms with van der Waals surface area (Å²) in [6.07, 6.45) is 11.7. The van der Waals surface area contributed by atoms with E-state index in [-0.39, 0.29) is 24.0 Å². The molecule has 3 heterocycles. The number of guanidine groups is 1. The number of hydrogen-bond acceptors (Lipinski definition) is 3. The molecule has 25 heavy (non-hydrogen) atoms. The summed E-state index contributed by atoms with van der Waals surface area (Å²) in [7, 11) is 2.31. The van der Waals surface area contributed by atoms with Crippen LogP contribution in [-0.2, 0) is 6.42 Å². The molecule has 2 atom stereocenters. The van der Waals surface area contributed by atoms with Gasteiger partial charge in [0.2, 0.25) is 0 Å². The zero-order chi connectivity index (χ0) is 16.4. The molecule has 1 aromatic heterocycles. The van der Waals surface area contributed by atoms with Crippen LogP contribution in [-0.4, -0.2) is 48.6 Å². The van der Waals surface area contributed by atoms with Crippen LogP contribution in [0.5, 0.6) is 0 Å². The highest BCUT2D eigenvalue weighted by molar-refractivity contribution is 14.0. The molecule has 2 saturated heterocycles. The predicted molar refractivity (Wildman–Crippen MR) is 112 cm³/mol. The Bertz CT molecular complexity index is 544. The van der Waals surface area contributed by atoms with Gasteiger partial charge in [-0.2, -0.15) is 0 Å². The number of halogens is 1. The van der Waals surface area contributed by atoms with E-state index in [0.29, 0.717) is 12.1 Å². The summed E-state index contributed by atoms with van der Waals surface area (Å²) in [5, 5.41) is 7.33. The zero-order valence-electron chi connectivity index (χ0n) is 15.1. The second kappa shape index (κ2) is 8.75. The van der Waals surface area contributed by atoms with Gasteiger partial charge in [0.1, 0.15) is 5.76 Å². The lowest BCUT2D eigenvalue weighted by molar-refractivity contribution is 0.0526. The van der Waals surface area contributed by atoms with Crippen molar-refractivity contribution in [3.8, 4) is 0 Å². The van der Waals surface area contributed by atoms with E-state index in [1.54, 1.807) is 6.26 Å². The molecule has 2 bridgehead atoms. The molecule has 6 heteroatoms. The molecule has 2 N–H and O–H groups in total. The maximum atomic E-state index is 5.41. The van der Waals surface area contributed by atoms with Gasteiger partial charge in [-0.25, -0.2) is 0 Å². The Kier molecular flexibility index (Phi) is 6.66. The number of hydrogen-bond donors (Lipinski definition) is 2. The van der Waals surface area contributed by atoms with E-state index in [2.05, 4.69) is 22.6 Å². The van der Waals surface area contributed by atoms with Crippen LogP contribution >= 0.6 is 24.0 Å². The van der Waals surface area contributed by atoms with Gasteiger partial charge in [0.05, 0.1) is 6.26 Å². The van der Waals surface area contributed by atoms with Crippen LogP contribution in [0.15, 0.2) is 27.8 Å². The zero-order valence-corrected chi connectivity index (χ0v) is 17.4. The van der Waals surface area contributed by atoms with Gasteiger partial charge in [-0.15, -0.1) is 24.0 Å². The Hall–Kier alpha value is -0.760. The predicted octanol–water partition coefficient (Wildman–Crippen LogP) is 3.15. The summed E-state index contributed by atoms with van der Waals surface area (Å²) in [6, 6.07) is 6.66. The summed E-state index contributed by atoms with van der Waals surface area (Å²) in [5.74, 6) is 2.02. The first-order chi connectivity index (χ1) is 11.8. The quantitative estimate of drug-likeness (QED) is 0.405. The Labute approximate surface area is 168 Å². The van der Waals surface area contributed by atoms with Crippen molar-refractivity contribution >= 4 is 29.9 Å².